The van der Waals surface area contributed by atoms with Gasteiger partial charge in [0, 0.05) is 29.9 Å². The number of ketones is 1. The number of benzene rings is 1. The van der Waals surface area contributed by atoms with Crippen molar-refractivity contribution in [2.24, 2.45) is 16.6 Å². The van der Waals surface area contributed by atoms with Gasteiger partial charge < -0.3 is 5.73 Å². The average molecular weight is 426 g/mol. The fraction of sp³-hybridized carbons (Fsp3) is 0.364. The molecule has 1 aromatic carbocycles. The van der Waals surface area contributed by atoms with E-state index in [0.717, 1.165) is 0 Å². The van der Waals surface area contributed by atoms with E-state index in [1.807, 2.05) is 6.07 Å². The number of aromatic nitrogens is 1. The van der Waals surface area contributed by atoms with E-state index in [-0.39, 0.29) is 23.8 Å². The summed E-state index contributed by atoms with van der Waals surface area (Å²) in [5.74, 6) is -0.221. The molecule has 8 heteroatoms. The Morgan fingerprint density at radius 2 is 2.20 bits per heavy atom. The minimum absolute atomic E-state index is 0.0343. The SMILES string of the molecule is N#Cc1ccc(C(=O)Cc2ccc(F)c([C@]34CC[C@@H](F)C[C@H]3CSC(N)=N4)c2)nc1. The first kappa shape index (κ1) is 20.5. The summed E-state index contributed by atoms with van der Waals surface area (Å²) in [6, 6.07) is 9.57. The van der Waals surface area contributed by atoms with Crippen LogP contribution in [0.5, 0.6) is 0 Å². The lowest BCUT2D eigenvalue weighted by Crippen LogP contribution is -2.45. The van der Waals surface area contributed by atoms with Crippen LogP contribution in [0.1, 0.15) is 46.4 Å². The molecule has 2 heterocycles. The summed E-state index contributed by atoms with van der Waals surface area (Å²) < 4.78 is 29.0. The molecule has 0 unspecified atom stereocenters. The van der Waals surface area contributed by atoms with E-state index in [4.69, 9.17) is 11.0 Å². The number of thioether (sulfide) groups is 1. The molecule has 154 valence electrons. The van der Waals surface area contributed by atoms with Crippen LogP contribution in [0.15, 0.2) is 41.5 Å². The number of Topliss-reactive ketones (excluding diaryl/α,β-unsaturated/α-hetero) is 1. The molecule has 1 saturated carbocycles. The standard InChI is InChI=1S/C22H20F2N4OS/c23-16-5-6-22(15(9-16)12-30-21(26)28-22)17-7-13(1-3-18(17)24)8-20(29)19-4-2-14(10-25)11-27-19/h1-4,7,11,15-16H,5-6,8-9,12H2,(H2,26,28)/t15-,16+,22-/m0/s1. The molecule has 1 aliphatic heterocycles. The van der Waals surface area contributed by atoms with Gasteiger partial charge in [-0.25, -0.2) is 8.78 Å². The van der Waals surface area contributed by atoms with Gasteiger partial charge in [-0.1, -0.05) is 17.8 Å². The van der Waals surface area contributed by atoms with Crippen molar-refractivity contribution >= 4 is 22.7 Å². The van der Waals surface area contributed by atoms with E-state index in [2.05, 4.69) is 9.98 Å². The summed E-state index contributed by atoms with van der Waals surface area (Å²) in [5, 5.41) is 9.24. The third-order valence-electron chi connectivity index (χ3n) is 5.84. The number of rotatable bonds is 4. The van der Waals surface area contributed by atoms with Gasteiger partial charge in [-0.2, -0.15) is 5.26 Å². The third kappa shape index (κ3) is 3.82. The molecular weight excluding hydrogens is 406 g/mol. The molecule has 0 spiro atoms. The first-order valence-electron chi connectivity index (χ1n) is 9.72. The van der Waals surface area contributed by atoms with Crippen molar-refractivity contribution in [1.82, 2.24) is 4.98 Å². The molecule has 1 fully saturated rings. The minimum Gasteiger partial charge on any atom is -0.379 e. The first-order valence-corrected chi connectivity index (χ1v) is 10.7. The number of nitriles is 1. The largest absolute Gasteiger partial charge is 0.379 e. The molecule has 0 bridgehead atoms. The van der Waals surface area contributed by atoms with Gasteiger partial charge in [0.1, 0.15) is 23.8 Å². The topological polar surface area (TPSA) is 92.1 Å². The van der Waals surface area contributed by atoms with Crippen molar-refractivity contribution in [2.45, 2.75) is 37.4 Å². The fourth-order valence-corrected chi connectivity index (χ4v) is 5.31. The van der Waals surface area contributed by atoms with E-state index in [1.54, 1.807) is 12.1 Å². The second kappa shape index (κ2) is 8.15. The number of fused-ring (bicyclic) bond motifs is 1. The number of nitrogens with two attached hydrogens (primary N) is 1. The van der Waals surface area contributed by atoms with Crippen LogP contribution >= 0.6 is 11.8 Å². The number of nitrogens with zero attached hydrogens (tertiary/aromatic N) is 3. The van der Waals surface area contributed by atoms with Crippen LogP contribution in [0.3, 0.4) is 0 Å². The molecule has 3 atom stereocenters. The number of carbonyl (C=O) groups is 1. The quantitative estimate of drug-likeness (QED) is 0.749. The molecule has 1 aliphatic carbocycles. The number of pyridine rings is 1. The summed E-state index contributed by atoms with van der Waals surface area (Å²) in [7, 11) is 0. The van der Waals surface area contributed by atoms with Gasteiger partial charge in [-0.3, -0.25) is 14.8 Å². The molecule has 0 saturated heterocycles. The number of hydrogen-bond acceptors (Lipinski definition) is 6. The minimum atomic E-state index is -0.923. The number of amidine groups is 1. The zero-order valence-electron chi connectivity index (χ0n) is 16.1. The van der Waals surface area contributed by atoms with Gasteiger partial charge in [0.15, 0.2) is 11.0 Å². The Morgan fingerprint density at radius 3 is 2.93 bits per heavy atom. The Hall–Kier alpha value is -2.79. The molecule has 2 aliphatic rings. The van der Waals surface area contributed by atoms with Gasteiger partial charge in [0.25, 0.3) is 0 Å². The van der Waals surface area contributed by atoms with Crippen molar-refractivity contribution in [3.8, 4) is 6.07 Å². The highest BCUT2D eigenvalue weighted by atomic mass is 32.2. The van der Waals surface area contributed by atoms with Crippen molar-refractivity contribution in [3.05, 3.63) is 64.7 Å². The maximum Gasteiger partial charge on any atom is 0.185 e. The third-order valence-corrected chi connectivity index (χ3v) is 6.79. The van der Waals surface area contributed by atoms with Crippen LogP contribution < -0.4 is 5.73 Å². The van der Waals surface area contributed by atoms with Crippen LogP contribution in [-0.4, -0.2) is 27.9 Å². The first-order chi connectivity index (χ1) is 14.4. The molecule has 0 radical (unpaired) electrons. The Balaban J connectivity index is 1.66. The highest BCUT2D eigenvalue weighted by Crippen LogP contribution is 2.50. The Bertz CT molecular complexity index is 1050. The molecular formula is C22H20F2N4OS. The van der Waals surface area contributed by atoms with Crippen LogP contribution in [-0.2, 0) is 12.0 Å². The molecule has 2 N–H and O–H groups in total. The van der Waals surface area contributed by atoms with E-state index >= 15 is 0 Å². The summed E-state index contributed by atoms with van der Waals surface area (Å²) >= 11 is 1.37. The lowest BCUT2D eigenvalue weighted by atomic mass is 9.68. The van der Waals surface area contributed by atoms with Gasteiger partial charge in [-0.05, 0) is 49.1 Å². The van der Waals surface area contributed by atoms with Crippen LogP contribution in [0, 0.1) is 23.1 Å². The lowest BCUT2D eigenvalue weighted by molar-refractivity contribution is 0.0988. The number of alkyl halides is 1. The number of aliphatic imine (C=N–C) groups is 1. The molecule has 0 amide bonds. The molecule has 4 rings (SSSR count). The summed E-state index contributed by atoms with van der Waals surface area (Å²) in [6.07, 6.45) is 1.46. The fourth-order valence-electron chi connectivity index (χ4n) is 4.30. The average Bonchev–Trinajstić information content (AvgIpc) is 2.75. The Morgan fingerprint density at radius 1 is 1.37 bits per heavy atom. The predicted molar refractivity (Wildman–Crippen MR) is 111 cm³/mol. The summed E-state index contributed by atoms with van der Waals surface area (Å²) in [6.45, 7) is 0. The van der Waals surface area contributed by atoms with Gasteiger partial charge in [0.2, 0.25) is 0 Å². The molecule has 5 nitrogen and oxygen atoms in total. The van der Waals surface area contributed by atoms with Crippen LogP contribution in [0.25, 0.3) is 0 Å². The number of halogens is 2. The molecule has 30 heavy (non-hydrogen) atoms. The number of hydrogen-bond donors (Lipinski definition) is 1. The van der Waals surface area contributed by atoms with E-state index in [0.29, 0.717) is 46.9 Å². The highest BCUT2D eigenvalue weighted by Gasteiger charge is 2.48. The van der Waals surface area contributed by atoms with Crippen molar-refractivity contribution in [2.75, 3.05) is 5.75 Å². The Labute approximate surface area is 177 Å². The maximum atomic E-state index is 14.9. The number of carbonyl (C=O) groups excluding carboxylic acids is 1. The molecule has 2 aromatic rings. The van der Waals surface area contributed by atoms with Crippen molar-refractivity contribution in [1.29, 1.82) is 5.26 Å². The van der Waals surface area contributed by atoms with Crippen LogP contribution in [0.4, 0.5) is 8.78 Å². The van der Waals surface area contributed by atoms with Crippen LogP contribution in [0.2, 0.25) is 0 Å². The lowest BCUT2D eigenvalue weighted by Gasteiger charge is -2.45. The summed E-state index contributed by atoms with van der Waals surface area (Å²) in [5.41, 5.74) is 6.70. The second-order valence-corrected chi connectivity index (χ2v) is 8.75. The normalized spacial score (nSPS) is 25.7. The molecule has 1 aromatic heterocycles. The van der Waals surface area contributed by atoms with Crippen molar-refractivity contribution in [3.63, 3.8) is 0 Å². The highest BCUT2D eigenvalue weighted by molar-refractivity contribution is 8.13. The van der Waals surface area contributed by atoms with Gasteiger partial charge in [0.05, 0.1) is 11.1 Å². The zero-order valence-corrected chi connectivity index (χ0v) is 17.0. The van der Waals surface area contributed by atoms with Gasteiger partial charge in [-0.15, -0.1) is 0 Å². The van der Waals surface area contributed by atoms with Crippen molar-refractivity contribution < 1.29 is 13.6 Å². The Kier molecular flexibility index (Phi) is 5.56. The van der Waals surface area contributed by atoms with E-state index < -0.39 is 17.5 Å². The zero-order chi connectivity index (χ0) is 21.3. The van der Waals surface area contributed by atoms with E-state index in [9.17, 15) is 13.6 Å². The predicted octanol–water partition coefficient (Wildman–Crippen LogP) is 3.91. The second-order valence-electron chi connectivity index (χ2n) is 7.71. The summed E-state index contributed by atoms with van der Waals surface area (Å²) in [4.78, 5) is 21.3. The van der Waals surface area contributed by atoms with Gasteiger partial charge >= 0.3 is 0 Å². The smallest absolute Gasteiger partial charge is 0.185 e. The maximum absolute atomic E-state index is 14.9. The van der Waals surface area contributed by atoms with E-state index in [1.165, 1.54) is 36.2 Å². The monoisotopic (exact) mass is 426 g/mol.